The first-order chi connectivity index (χ1) is 16.1. The highest BCUT2D eigenvalue weighted by molar-refractivity contribution is 7.89. The minimum Gasteiger partial charge on any atom is -0.453 e. The van der Waals surface area contributed by atoms with Crippen molar-refractivity contribution in [2.75, 3.05) is 14.1 Å². The van der Waals surface area contributed by atoms with E-state index >= 15 is 0 Å². The Kier molecular flexibility index (Phi) is 7.85. The Balaban J connectivity index is 1.90. The van der Waals surface area contributed by atoms with Crippen LogP contribution in [-0.4, -0.2) is 48.2 Å². The molecule has 0 saturated carbocycles. The van der Waals surface area contributed by atoms with E-state index in [9.17, 15) is 18.0 Å². The molecule has 180 valence electrons. The van der Waals surface area contributed by atoms with Crippen molar-refractivity contribution in [2.24, 2.45) is 0 Å². The molecule has 1 aromatic heterocycles. The SMILES string of the molecule is CCCn1c(COC(=O)C(=Cc2ccccc2)NC(C)=O)nc2cc(S(=O)(=O)N(C)C)ccc21. The van der Waals surface area contributed by atoms with Crippen molar-refractivity contribution >= 4 is 39.0 Å². The first-order valence-corrected chi connectivity index (χ1v) is 12.2. The molecule has 0 unspecified atom stereocenters. The molecule has 0 aliphatic rings. The fraction of sp³-hybridized carbons (Fsp3) is 0.292. The van der Waals surface area contributed by atoms with Crippen LogP contribution in [0.1, 0.15) is 31.7 Å². The van der Waals surface area contributed by atoms with Gasteiger partial charge in [0, 0.05) is 27.6 Å². The van der Waals surface area contributed by atoms with Crippen molar-refractivity contribution in [2.45, 2.75) is 38.3 Å². The molecule has 10 heteroatoms. The maximum Gasteiger partial charge on any atom is 0.355 e. The highest BCUT2D eigenvalue weighted by Crippen LogP contribution is 2.23. The third kappa shape index (κ3) is 5.70. The average Bonchev–Trinajstić information content (AvgIpc) is 3.14. The molecule has 1 amide bonds. The van der Waals surface area contributed by atoms with Gasteiger partial charge in [0.1, 0.15) is 18.1 Å². The number of hydrogen-bond donors (Lipinski definition) is 1. The van der Waals surface area contributed by atoms with E-state index in [4.69, 9.17) is 4.74 Å². The Hall–Kier alpha value is -3.50. The zero-order valence-corrected chi connectivity index (χ0v) is 20.4. The summed E-state index contributed by atoms with van der Waals surface area (Å²) in [6, 6.07) is 13.9. The number of fused-ring (bicyclic) bond motifs is 1. The summed E-state index contributed by atoms with van der Waals surface area (Å²) in [5, 5.41) is 2.51. The maximum atomic E-state index is 12.8. The van der Waals surface area contributed by atoms with Gasteiger partial charge in [-0.25, -0.2) is 22.5 Å². The molecule has 0 aliphatic carbocycles. The monoisotopic (exact) mass is 484 g/mol. The lowest BCUT2D eigenvalue weighted by molar-refractivity contribution is -0.141. The molecular weight excluding hydrogens is 456 g/mol. The van der Waals surface area contributed by atoms with Crippen LogP contribution in [0.15, 0.2) is 59.1 Å². The van der Waals surface area contributed by atoms with E-state index in [0.29, 0.717) is 17.9 Å². The van der Waals surface area contributed by atoms with Gasteiger partial charge in [-0.15, -0.1) is 0 Å². The fourth-order valence-corrected chi connectivity index (χ4v) is 4.30. The first kappa shape index (κ1) is 25.1. The fourth-order valence-electron chi connectivity index (χ4n) is 3.37. The number of nitrogens with zero attached hydrogens (tertiary/aromatic N) is 3. The van der Waals surface area contributed by atoms with E-state index in [1.54, 1.807) is 24.3 Å². The van der Waals surface area contributed by atoms with Crippen molar-refractivity contribution in [1.29, 1.82) is 0 Å². The molecule has 1 N–H and O–H groups in total. The average molecular weight is 485 g/mol. The van der Waals surface area contributed by atoms with Crippen molar-refractivity contribution in [3.63, 3.8) is 0 Å². The summed E-state index contributed by atoms with van der Waals surface area (Å²) in [5.41, 5.74) is 1.98. The lowest BCUT2D eigenvalue weighted by atomic mass is 10.2. The number of sulfonamides is 1. The summed E-state index contributed by atoms with van der Waals surface area (Å²) < 4.78 is 33.5. The Bertz CT molecular complexity index is 1330. The second-order valence-corrected chi connectivity index (χ2v) is 10.00. The van der Waals surface area contributed by atoms with Gasteiger partial charge in [0.2, 0.25) is 15.9 Å². The Labute approximate surface area is 199 Å². The van der Waals surface area contributed by atoms with Crippen LogP contribution in [0.25, 0.3) is 17.1 Å². The standard InChI is InChI=1S/C24H28N4O5S/c1-5-13-28-22-12-11-19(34(31,32)27(3)4)15-20(22)26-23(28)16-33-24(30)21(25-17(2)29)14-18-9-7-6-8-10-18/h6-12,14-15H,5,13,16H2,1-4H3,(H,25,29). The Morgan fingerprint density at radius 3 is 2.47 bits per heavy atom. The Morgan fingerprint density at radius 1 is 1.15 bits per heavy atom. The third-order valence-electron chi connectivity index (χ3n) is 5.00. The third-order valence-corrected chi connectivity index (χ3v) is 6.81. The number of amides is 1. The number of aromatic nitrogens is 2. The molecule has 0 radical (unpaired) electrons. The van der Waals surface area contributed by atoms with Crippen LogP contribution >= 0.6 is 0 Å². The zero-order chi connectivity index (χ0) is 24.9. The van der Waals surface area contributed by atoms with Crippen LogP contribution in [0.4, 0.5) is 0 Å². The van der Waals surface area contributed by atoms with E-state index in [0.717, 1.165) is 21.8 Å². The molecule has 1 heterocycles. The Morgan fingerprint density at radius 2 is 1.85 bits per heavy atom. The van der Waals surface area contributed by atoms with Gasteiger partial charge >= 0.3 is 5.97 Å². The normalized spacial score (nSPS) is 12.2. The van der Waals surface area contributed by atoms with Crippen LogP contribution in [0, 0.1) is 0 Å². The van der Waals surface area contributed by atoms with Crippen molar-refractivity contribution < 1.29 is 22.7 Å². The first-order valence-electron chi connectivity index (χ1n) is 10.8. The molecule has 3 rings (SSSR count). The highest BCUT2D eigenvalue weighted by Gasteiger charge is 2.21. The summed E-state index contributed by atoms with van der Waals surface area (Å²) in [7, 11) is -0.676. The molecule has 34 heavy (non-hydrogen) atoms. The number of benzene rings is 2. The summed E-state index contributed by atoms with van der Waals surface area (Å²) in [5.74, 6) is -0.622. The zero-order valence-electron chi connectivity index (χ0n) is 19.6. The number of aryl methyl sites for hydroxylation is 1. The van der Waals surface area contributed by atoms with Crippen LogP contribution in [-0.2, 0) is 37.5 Å². The predicted octanol–water partition coefficient (Wildman–Crippen LogP) is 2.92. The van der Waals surface area contributed by atoms with Crippen molar-refractivity contribution in [3.05, 3.63) is 65.6 Å². The van der Waals surface area contributed by atoms with E-state index in [1.807, 2.05) is 29.7 Å². The van der Waals surface area contributed by atoms with E-state index in [-0.39, 0.29) is 17.2 Å². The minimum atomic E-state index is -3.61. The molecular formula is C24H28N4O5S. The maximum absolute atomic E-state index is 12.8. The number of hydrogen-bond acceptors (Lipinski definition) is 6. The summed E-state index contributed by atoms with van der Waals surface area (Å²) in [6.07, 6.45) is 2.34. The van der Waals surface area contributed by atoms with Gasteiger partial charge in [-0.3, -0.25) is 4.79 Å². The van der Waals surface area contributed by atoms with Crippen LogP contribution in [0.2, 0.25) is 0 Å². The van der Waals surface area contributed by atoms with Crippen LogP contribution in [0.5, 0.6) is 0 Å². The molecule has 0 bridgehead atoms. The van der Waals surface area contributed by atoms with E-state index in [1.165, 1.54) is 33.2 Å². The lowest BCUT2D eigenvalue weighted by Gasteiger charge is -2.12. The largest absolute Gasteiger partial charge is 0.453 e. The molecule has 3 aromatic rings. The van der Waals surface area contributed by atoms with Gasteiger partial charge in [0.25, 0.3) is 0 Å². The quantitative estimate of drug-likeness (QED) is 0.369. The number of imidazole rings is 1. The van der Waals surface area contributed by atoms with Gasteiger partial charge in [0.15, 0.2) is 0 Å². The highest BCUT2D eigenvalue weighted by atomic mass is 32.2. The van der Waals surface area contributed by atoms with Crippen molar-refractivity contribution in [3.8, 4) is 0 Å². The number of rotatable bonds is 9. The summed E-state index contributed by atoms with van der Waals surface area (Å²) in [6.45, 7) is 3.78. The molecule has 0 fully saturated rings. The number of esters is 1. The topological polar surface area (TPSA) is 111 Å². The second-order valence-electron chi connectivity index (χ2n) is 7.84. The number of carbonyl (C=O) groups is 2. The second kappa shape index (κ2) is 10.6. The molecule has 0 atom stereocenters. The molecule has 9 nitrogen and oxygen atoms in total. The minimum absolute atomic E-state index is 0.0104. The predicted molar refractivity (Wildman–Crippen MR) is 129 cm³/mol. The van der Waals surface area contributed by atoms with Gasteiger partial charge < -0.3 is 14.6 Å². The summed E-state index contributed by atoms with van der Waals surface area (Å²) >= 11 is 0. The molecule has 0 aliphatic heterocycles. The van der Waals surface area contributed by atoms with Gasteiger partial charge in [0.05, 0.1) is 15.9 Å². The molecule has 0 saturated heterocycles. The van der Waals surface area contributed by atoms with Gasteiger partial charge in [-0.1, -0.05) is 37.3 Å². The number of carbonyl (C=O) groups excluding carboxylic acids is 2. The number of nitrogens with one attached hydrogen (secondary N) is 1. The number of ether oxygens (including phenoxy) is 1. The van der Waals surface area contributed by atoms with E-state index < -0.39 is 21.9 Å². The van der Waals surface area contributed by atoms with E-state index in [2.05, 4.69) is 10.3 Å². The van der Waals surface area contributed by atoms with Crippen LogP contribution in [0.3, 0.4) is 0 Å². The van der Waals surface area contributed by atoms with Crippen molar-refractivity contribution in [1.82, 2.24) is 19.2 Å². The molecule has 2 aromatic carbocycles. The van der Waals surface area contributed by atoms with Crippen LogP contribution < -0.4 is 5.32 Å². The van der Waals surface area contributed by atoms with Gasteiger partial charge in [-0.05, 0) is 36.3 Å². The molecule has 0 spiro atoms. The summed E-state index contributed by atoms with van der Waals surface area (Å²) in [4.78, 5) is 29.1. The van der Waals surface area contributed by atoms with Gasteiger partial charge in [-0.2, -0.15) is 0 Å². The lowest BCUT2D eigenvalue weighted by Crippen LogP contribution is -2.26. The smallest absolute Gasteiger partial charge is 0.355 e.